The molecular weight excluding hydrogens is 256 g/mol. The zero-order valence-corrected chi connectivity index (χ0v) is 12.5. The number of piperidine rings is 1. The van der Waals surface area contributed by atoms with Crippen molar-refractivity contribution in [1.82, 2.24) is 4.90 Å². The molecule has 1 aromatic rings. The van der Waals surface area contributed by atoms with Crippen molar-refractivity contribution in [3.05, 3.63) is 21.9 Å². The lowest BCUT2D eigenvalue weighted by atomic mass is 10.0. The highest BCUT2D eigenvalue weighted by atomic mass is 32.1. The molecule has 1 aliphatic rings. The van der Waals surface area contributed by atoms with Crippen LogP contribution >= 0.6 is 11.3 Å². The van der Waals surface area contributed by atoms with Gasteiger partial charge >= 0.3 is 0 Å². The molecule has 1 amide bonds. The molecule has 1 atom stereocenters. The first kappa shape index (κ1) is 14.5. The summed E-state index contributed by atoms with van der Waals surface area (Å²) in [5.74, 6) is 0.295. The van der Waals surface area contributed by atoms with Gasteiger partial charge in [-0.1, -0.05) is 0 Å². The summed E-state index contributed by atoms with van der Waals surface area (Å²) in [4.78, 5) is 17.0. The van der Waals surface area contributed by atoms with Gasteiger partial charge in [0.25, 0.3) is 0 Å². The molecule has 2 rings (SSSR count). The van der Waals surface area contributed by atoms with Crippen molar-refractivity contribution >= 4 is 17.2 Å². The van der Waals surface area contributed by atoms with E-state index >= 15 is 0 Å². The molecule has 0 saturated carbocycles. The van der Waals surface area contributed by atoms with Crippen molar-refractivity contribution in [2.75, 3.05) is 13.1 Å². The van der Waals surface area contributed by atoms with E-state index in [0.29, 0.717) is 18.9 Å². The smallest absolute Gasteiger partial charge is 0.222 e. The van der Waals surface area contributed by atoms with E-state index < -0.39 is 0 Å². The molecule has 1 aliphatic heterocycles. The van der Waals surface area contributed by atoms with Crippen LogP contribution in [0.4, 0.5) is 0 Å². The second-order valence-corrected chi connectivity index (χ2v) is 6.71. The van der Waals surface area contributed by atoms with Gasteiger partial charge in [0.2, 0.25) is 5.91 Å². The van der Waals surface area contributed by atoms with Crippen LogP contribution in [0.1, 0.15) is 41.9 Å². The number of likely N-dealkylation sites (tertiary alicyclic amines) is 1. The molecule has 4 heteroatoms. The monoisotopic (exact) mass is 280 g/mol. The average molecular weight is 280 g/mol. The molecule has 2 heterocycles. The van der Waals surface area contributed by atoms with Crippen LogP contribution in [0.15, 0.2) is 12.1 Å². The number of nitrogens with two attached hydrogens (primary N) is 1. The molecule has 0 aromatic carbocycles. The van der Waals surface area contributed by atoms with Gasteiger partial charge in [-0.2, -0.15) is 0 Å². The Morgan fingerprint density at radius 3 is 3.00 bits per heavy atom. The fourth-order valence-electron chi connectivity index (χ4n) is 2.75. The number of carbonyl (C=O) groups is 1. The topological polar surface area (TPSA) is 46.3 Å². The number of hydrogen-bond donors (Lipinski definition) is 1. The van der Waals surface area contributed by atoms with Gasteiger partial charge in [0.1, 0.15) is 0 Å². The average Bonchev–Trinajstić information content (AvgIpc) is 2.84. The van der Waals surface area contributed by atoms with Gasteiger partial charge in [-0.15, -0.1) is 11.3 Å². The minimum atomic E-state index is 0.283. The van der Waals surface area contributed by atoms with E-state index in [2.05, 4.69) is 19.1 Å². The van der Waals surface area contributed by atoms with E-state index in [1.165, 1.54) is 16.2 Å². The first-order chi connectivity index (χ1) is 9.20. The Balaban J connectivity index is 1.77. The third kappa shape index (κ3) is 4.05. The predicted molar refractivity (Wildman–Crippen MR) is 80.4 cm³/mol. The Labute approximate surface area is 119 Å². The van der Waals surface area contributed by atoms with Crippen molar-refractivity contribution in [2.24, 2.45) is 5.73 Å². The second-order valence-electron chi connectivity index (χ2n) is 5.34. The van der Waals surface area contributed by atoms with Crippen LogP contribution in [0.5, 0.6) is 0 Å². The standard InChI is InChI=1S/C15H24N2OS/c1-12-8-9-14(19-12)6-4-7-15(18)17-10-3-2-5-13(17)11-16/h8-9,13H,2-7,10-11,16H2,1H3. The molecule has 3 nitrogen and oxygen atoms in total. The highest BCUT2D eigenvalue weighted by Crippen LogP contribution is 2.20. The van der Waals surface area contributed by atoms with Crippen LogP contribution in [-0.4, -0.2) is 29.9 Å². The van der Waals surface area contributed by atoms with E-state index in [4.69, 9.17) is 5.73 Å². The fourth-order valence-corrected chi connectivity index (χ4v) is 3.68. The molecule has 106 valence electrons. The summed E-state index contributed by atoms with van der Waals surface area (Å²) < 4.78 is 0. The fraction of sp³-hybridized carbons (Fsp3) is 0.667. The highest BCUT2D eigenvalue weighted by Gasteiger charge is 2.24. The molecule has 19 heavy (non-hydrogen) atoms. The zero-order chi connectivity index (χ0) is 13.7. The van der Waals surface area contributed by atoms with Crippen molar-refractivity contribution in [3.8, 4) is 0 Å². The first-order valence-corrected chi connectivity index (χ1v) is 8.07. The van der Waals surface area contributed by atoms with Gasteiger partial charge in [-0.3, -0.25) is 4.79 Å². The molecule has 0 bridgehead atoms. The van der Waals surface area contributed by atoms with Crippen LogP contribution in [-0.2, 0) is 11.2 Å². The van der Waals surface area contributed by atoms with E-state index in [0.717, 1.165) is 32.2 Å². The number of aryl methyl sites for hydroxylation is 2. The van der Waals surface area contributed by atoms with E-state index in [1.807, 2.05) is 16.2 Å². The minimum absolute atomic E-state index is 0.283. The summed E-state index contributed by atoms with van der Waals surface area (Å²) in [6.45, 7) is 3.63. The molecule has 1 saturated heterocycles. The minimum Gasteiger partial charge on any atom is -0.338 e. The molecule has 1 fully saturated rings. The molecular formula is C15H24N2OS. The number of nitrogens with zero attached hydrogens (tertiary/aromatic N) is 1. The van der Waals surface area contributed by atoms with Crippen molar-refractivity contribution < 1.29 is 4.79 Å². The lowest BCUT2D eigenvalue weighted by Gasteiger charge is -2.35. The summed E-state index contributed by atoms with van der Waals surface area (Å²) in [5.41, 5.74) is 5.76. The molecule has 0 radical (unpaired) electrons. The van der Waals surface area contributed by atoms with Crippen LogP contribution in [0.25, 0.3) is 0 Å². The Bertz CT molecular complexity index is 416. The summed E-state index contributed by atoms with van der Waals surface area (Å²) in [6.07, 6.45) is 6.05. The SMILES string of the molecule is Cc1ccc(CCCC(=O)N2CCCCC2CN)s1. The normalized spacial score (nSPS) is 19.7. The molecule has 1 unspecified atom stereocenters. The maximum atomic E-state index is 12.2. The lowest BCUT2D eigenvalue weighted by molar-refractivity contribution is -0.134. The number of rotatable bonds is 5. The van der Waals surface area contributed by atoms with Gasteiger partial charge in [0.15, 0.2) is 0 Å². The third-order valence-corrected chi connectivity index (χ3v) is 4.89. The largest absolute Gasteiger partial charge is 0.338 e. The summed E-state index contributed by atoms with van der Waals surface area (Å²) in [6, 6.07) is 4.61. The Kier molecular flexibility index (Phi) is 5.40. The number of hydrogen-bond acceptors (Lipinski definition) is 3. The quantitative estimate of drug-likeness (QED) is 0.901. The maximum Gasteiger partial charge on any atom is 0.222 e. The second kappa shape index (κ2) is 7.06. The molecule has 0 spiro atoms. The van der Waals surface area contributed by atoms with Crippen LogP contribution < -0.4 is 5.73 Å². The maximum absolute atomic E-state index is 12.2. The van der Waals surface area contributed by atoms with Crippen molar-refractivity contribution in [2.45, 2.75) is 51.5 Å². The Hall–Kier alpha value is -0.870. The van der Waals surface area contributed by atoms with E-state index in [-0.39, 0.29) is 6.04 Å². The third-order valence-electron chi connectivity index (χ3n) is 3.83. The van der Waals surface area contributed by atoms with Crippen molar-refractivity contribution in [3.63, 3.8) is 0 Å². The van der Waals surface area contributed by atoms with Gasteiger partial charge in [0, 0.05) is 35.3 Å². The van der Waals surface area contributed by atoms with Gasteiger partial charge < -0.3 is 10.6 Å². The number of carbonyl (C=O) groups excluding carboxylic acids is 1. The van der Waals surface area contributed by atoms with Gasteiger partial charge in [-0.25, -0.2) is 0 Å². The first-order valence-electron chi connectivity index (χ1n) is 7.25. The van der Waals surface area contributed by atoms with Crippen molar-refractivity contribution in [1.29, 1.82) is 0 Å². The lowest BCUT2D eigenvalue weighted by Crippen LogP contribution is -2.47. The molecule has 2 N–H and O–H groups in total. The van der Waals surface area contributed by atoms with Gasteiger partial charge in [0.05, 0.1) is 0 Å². The highest BCUT2D eigenvalue weighted by molar-refractivity contribution is 7.11. The summed E-state index contributed by atoms with van der Waals surface area (Å²) in [5, 5.41) is 0. The number of thiophene rings is 1. The predicted octanol–water partition coefficient (Wildman–Crippen LogP) is 2.72. The Morgan fingerprint density at radius 2 is 2.32 bits per heavy atom. The number of amides is 1. The van der Waals surface area contributed by atoms with Crippen LogP contribution in [0.3, 0.4) is 0 Å². The molecule has 0 aliphatic carbocycles. The van der Waals surface area contributed by atoms with Crippen LogP contribution in [0, 0.1) is 6.92 Å². The zero-order valence-electron chi connectivity index (χ0n) is 11.7. The van der Waals surface area contributed by atoms with E-state index in [9.17, 15) is 4.79 Å². The summed E-state index contributed by atoms with van der Waals surface area (Å²) >= 11 is 1.84. The van der Waals surface area contributed by atoms with E-state index in [1.54, 1.807) is 0 Å². The van der Waals surface area contributed by atoms with Gasteiger partial charge in [-0.05, 0) is 51.2 Å². The summed E-state index contributed by atoms with van der Waals surface area (Å²) in [7, 11) is 0. The molecule has 1 aromatic heterocycles. The Morgan fingerprint density at radius 1 is 1.47 bits per heavy atom. The van der Waals surface area contributed by atoms with Crippen LogP contribution in [0.2, 0.25) is 0 Å².